The highest BCUT2D eigenvalue weighted by molar-refractivity contribution is 5.42. The Morgan fingerprint density at radius 1 is 1.13 bits per heavy atom. The monoisotopic (exact) mass is 420 g/mol. The van der Waals surface area contributed by atoms with Gasteiger partial charge in [-0.2, -0.15) is 0 Å². The number of unbranched alkanes of at least 4 members (excludes halogenated alkanes) is 2. The van der Waals surface area contributed by atoms with Crippen LogP contribution in [0.4, 0.5) is 0 Å². The van der Waals surface area contributed by atoms with E-state index in [0.29, 0.717) is 23.4 Å². The van der Waals surface area contributed by atoms with Gasteiger partial charge in [-0.15, -0.1) is 13.2 Å². The van der Waals surface area contributed by atoms with E-state index < -0.39 is 0 Å². The lowest BCUT2D eigenvalue weighted by molar-refractivity contribution is 0.0364. The molecule has 4 heterocycles. The first-order valence-electron chi connectivity index (χ1n) is 12.8. The summed E-state index contributed by atoms with van der Waals surface area (Å²) in [4.78, 5) is 5.61. The van der Waals surface area contributed by atoms with E-state index >= 15 is 0 Å². The first-order valence-corrected chi connectivity index (χ1v) is 12.8. The molecular formula is C28H40N2O. The molecule has 0 saturated carbocycles. The Kier molecular flexibility index (Phi) is 6.25. The van der Waals surface area contributed by atoms with E-state index in [2.05, 4.69) is 47.3 Å². The van der Waals surface area contributed by atoms with Crippen molar-refractivity contribution in [2.45, 2.75) is 82.2 Å². The third kappa shape index (κ3) is 3.78. The van der Waals surface area contributed by atoms with Crippen molar-refractivity contribution in [2.75, 3.05) is 26.2 Å². The summed E-state index contributed by atoms with van der Waals surface area (Å²) < 4.78 is 6.66. The zero-order valence-electron chi connectivity index (χ0n) is 19.2. The maximum Gasteiger partial charge on any atom is 0.125 e. The van der Waals surface area contributed by atoms with Crippen molar-refractivity contribution < 1.29 is 4.42 Å². The minimum absolute atomic E-state index is 0.334. The number of piperidine rings is 1. The first-order chi connectivity index (χ1) is 15.3. The van der Waals surface area contributed by atoms with Crippen LogP contribution in [0.2, 0.25) is 0 Å². The van der Waals surface area contributed by atoms with Crippen molar-refractivity contribution >= 4 is 0 Å². The molecule has 1 aliphatic carbocycles. The molecule has 3 heteroatoms. The highest BCUT2D eigenvalue weighted by atomic mass is 16.3. The number of hydrogen-bond acceptors (Lipinski definition) is 3. The molecule has 4 aliphatic rings. The Hall–Kier alpha value is -1.58. The lowest BCUT2D eigenvalue weighted by Crippen LogP contribution is -2.47. The summed E-state index contributed by atoms with van der Waals surface area (Å²) in [6.45, 7) is 12.7. The SMILES string of the molecule is C=CCCCCN1CC[C@H]2c3cc(CCC=C)oc3[C@H]3N4CCCC/C=C\[C@H]4C[C@]23C1. The summed E-state index contributed by atoms with van der Waals surface area (Å²) in [7, 11) is 0. The van der Waals surface area contributed by atoms with Crippen LogP contribution >= 0.6 is 0 Å². The summed E-state index contributed by atoms with van der Waals surface area (Å²) in [5.41, 5.74) is 1.89. The van der Waals surface area contributed by atoms with Gasteiger partial charge in [-0.1, -0.05) is 24.3 Å². The van der Waals surface area contributed by atoms with Gasteiger partial charge in [-0.05, 0) is 95.0 Å². The minimum atomic E-state index is 0.334. The van der Waals surface area contributed by atoms with Gasteiger partial charge in [0.1, 0.15) is 11.5 Å². The first kappa shape index (κ1) is 21.3. The molecule has 0 N–H and O–H groups in total. The second-order valence-electron chi connectivity index (χ2n) is 10.3. The van der Waals surface area contributed by atoms with E-state index in [9.17, 15) is 0 Å². The molecule has 0 amide bonds. The summed E-state index contributed by atoms with van der Waals surface area (Å²) in [5, 5.41) is 0. The van der Waals surface area contributed by atoms with Gasteiger partial charge in [-0.3, -0.25) is 4.90 Å². The van der Waals surface area contributed by atoms with Crippen LogP contribution in [-0.2, 0) is 6.42 Å². The van der Waals surface area contributed by atoms with Crippen LogP contribution in [0.1, 0.15) is 86.8 Å². The Morgan fingerprint density at radius 3 is 2.90 bits per heavy atom. The van der Waals surface area contributed by atoms with Crippen molar-refractivity contribution in [3.63, 3.8) is 0 Å². The fourth-order valence-corrected chi connectivity index (χ4v) is 7.13. The van der Waals surface area contributed by atoms with Gasteiger partial charge in [-0.25, -0.2) is 0 Å². The van der Waals surface area contributed by atoms with Gasteiger partial charge in [0, 0.05) is 24.4 Å². The molecule has 0 bridgehead atoms. The number of nitrogens with zero attached hydrogens (tertiary/aromatic N) is 2. The van der Waals surface area contributed by atoms with Crippen LogP contribution in [0.25, 0.3) is 0 Å². The number of aryl methyl sites for hydroxylation is 1. The number of allylic oxidation sites excluding steroid dienone is 3. The van der Waals surface area contributed by atoms with Crippen LogP contribution < -0.4 is 0 Å². The molecule has 2 fully saturated rings. The van der Waals surface area contributed by atoms with Gasteiger partial charge >= 0.3 is 0 Å². The average molecular weight is 421 g/mol. The zero-order valence-corrected chi connectivity index (χ0v) is 19.2. The predicted molar refractivity (Wildman–Crippen MR) is 128 cm³/mol. The van der Waals surface area contributed by atoms with Crippen LogP contribution in [0, 0.1) is 5.41 Å². The molecule has 1 aromatic heterocycles. The molecule has 4 atom stereocenters. The number of likely N-dealkylation sites (tertiary alicyclic amines) is 1. The topological polar surface area (TPSA) is 19.6 Å². The van der Waals surface area contributed by atoms with E-state index in [0.717, 1.165) is 19.3 Å². The zero-order chi connectivity index (χ0) is 21.3. The minimum Gasteiger partial charge on any atom is -0.464 e. The highest BCUT2D eigenvalue weighted by Crippen LogP contribution is 2.67. The van der Waals surface area contributed by atoms with Crippen molar-refractivity contribution in [1.29, 1.82) is 0 Å². The fourth-order valence-electron chi connectivity index (χ4n) is 7.13. The standard InChI is InChI=1S/C28H40N2O/c1-3-5-7-11-16-29-18-15-25-24-19-23(14-6-4-2)31-26(24)27-28(25,21-29)20-22-13-10-8-9-12-17-30(22)27/h3-4,10,13,19,22,25,27H,1-2,5-9,11-12,14-18,20-21H2/b13-10-/t22-,25-,27+,28-/m0/s1. The van der Waals surface area contributed by atoms with Crippen LogP contribution in [-0.4, -0.2) is 42.0 Å². The third-order valence-electron chi connectivity index (χ3n) is 8.43. The number of rotatable bonds is 8. The van der Waals surface area contributed by atoms with Crippen molar-refractivity contribution in [3.8, 4) is 0 Å². The Labute approximate surface area is 188 Å². The lowest BCUT2D eigenvalue weighted by atomic mass is 9.68. The van der Waals surface area contributed by atoms with E-state index in [4.69, 9.17) is 4.42 Å². The maximum atomic E-state index is 6.66. The van der Waals surface area contributed by atoms with Crippen molar-refractivity contribution in [2.24, 2.45) is 5.41 Å². The summed E-state index contributed by atoms with van der Waals surface area (Å²) in [6.07, 6.45) is 21.2. The van der Waals surface area contributed by atoms with E-state index in [-0.39, 0.29) is 0 Å². The molecule has 168 valence electrons. The Morgan fingerprint density at radius 2 is 2.03 bits per heavy atom. The van der Waals surface area contributed by atoms with Crippen LogP contribution in [0.5, 0.6) is 0 Å². The van der Waals surface area contributed by atoms with Gasteiger partial charge < -0.3 is 9.32 Å². The Bertz CT molecular complexity index is 823. The second kappa shape index (κ2) is 9.11. The second-order valence-corrected chi connectivity index (χ2v) is 10.3. The maximum absolute atomic E-state index is 6.66. The summed E-state index contributed by atoms with van der Waals surface area (Å²) in [5.74, 6) is 3.17. The quantitative estimate of drug-likeness (QED) is 0.358. The molecule has 3 aliphatic heterocycles. The van der Waals surface area contributed by atoms with E-state index in [1.807, 2.05) is 6.08 Å². The van der Waals surface area contributed by atoms with Gasteiger partial charge in [0.25, 0.3) is 0 Å². The summed E-state index contributed by atoms with van der Waals surface area (Å²) >= 11 is 0. The molecule has 0 radical (unpaired) electrons. The molecule has 0 unspecified atom stereocenters. The fraction of sp³-hybridized carbons (Fsp3) is 0.643. The highest BCUT2D eigenvalue weighted by Gasteiger charge is 2.64. The van der Waals surface area contributed by atoms with Crippen LogP contribution in [0.15, 0.2) is 47.9 Å². The molecule has 0 aromatic carbocycles. The van der Waals surface area contributed by atoms with Crippen molar-refractivity contribution in [3.05, 3.63) is 60.6 Å². The number of hydrogen-bond donors (Lipinski definition) is 0. The summed E-state index contributed by atoms with van der Waals surface area (Å²) in [6, 6.07) is 3.48. The largest absolute Gasteiger partial charge is 0.464 e. The number of fused-ring (bicyclic) bond motifs is 5. The molecule has 1 aromatic rings. The lowest BCUT2D eigenvalue weighted by Gasteiger charge is -2.45. The average Bonchev–Trinajstić information content (AvgIpc) is 3.35. The van der Waals surface area contributed by atoms with E-state index in [1.54, 1.807) is 5.56 Å². The molecule has 2 saturated heterocycles. The predicted octanol–water partition coefficient (Wildman–Crippen LogP) is 6.40. The molecular weight excluding hydrogens is 380 g/mol. The molecule has 31 heavy (non-hydrogen) atoms. The van der Waals surface area contributed by atoms with Gasteiger partial charge in [0.2, 0.25) is 0 Å². The van der Waals surface area contributed by atoms with Crippen LogP contribution in [0.3, 0.4) is 0 Å². The van der Waals surface area contributed by atoms with Gasteiger partial charge in [0.05, 0.1) is 6.04 Å². The van der Waals surface area contributed by atoms with Crippen molar-refractivity contribution in [1.82, 2.24) is 9.80 Å². The number of furan rings is 1. The molecule has 3 nitrogen and oxygen atoms in total. The van der Waals surface area contributed by atoms with E-state index in [1.165, 1.54) is 82.6 Å². The molecule has 1 spiro atoms. The molecule has 5 rings (SSSR count). The smallest absolute Gasteiger partial charge is 0.125 e. The normalized spacial score (nSPS) is 33.6. The van der Waals surface area contributed by atoms with Gasteiger partial charge in [0.15, 0.2) is 0 Å². The Balaban J connectivity index is 1.44. The third-order valence-corrected chi connectivity index (χ3v) is 8.43.